The van der Waals surface area contributed by atoms with Crippen molar-refractivity contribution in [2.45, 2.75) is 18.4 Å². The molecule has 9 nitrogen and oxygen atoms in total. The molecule has 2 aromatic carbocycles. The van der Waals surface area contributed by atoms with Gasteiger partial charge in [0.1, 0.15) is 5.75 Å². The lowest BCUT2D eigenvalue weighted by atomic mass is 10.3. The van der Waals surface area contributed by atoms with Gasteiger partial charge in [-0.3, -0.25) is 4.90 Å². The molecule has 4 rings (SSSR count). The number of sulfonamides is 1. The van der Waals surface area contributed by atoms with Gasteiger partial charge in [0.15, 0.2) is 5.82 Å². The Bertz CT molecular complexity index is 1130. The molecule has 0 atom stereocenters. The van der Waals surface area contributed by atoms with Crippen LogP contribution in [0.5, 0.6) is 5.75 Å². The van der Waals surface area contributed by atoms with E-state index < -0.39 is 10.0 Å². The van der Waals surface area contributed by atoms with Gasteiger partial charge in [0.05, 0.1) is 23.7 Å². The zero-order valence-electron chi connectivity index (χ0n) is 17.1. The summed E-state index contributed by atoms with van der Waals surface area (Å²) in [4.78, 5) is 2.36. The monoisotopic (exact) mass is 462 g/mol. The van der Waals surface area contributed by atoms with E-state index in [-0.39, 0.29) is 4.90 Å². The van der Waals surface area contributed by atoms with Gasteiger partial charge < -0.3 is 4.74 Å². The summed E-state index contributed by atoms with van der Waals surface area (Å²) in [6, 6.07) is 13.9. The van der Waals surface area contributed by atoms with Crippen molar-refractivity contribution in [1.82, 2.24) is 29.4 Å². The third-order valence-corrected chi connectivity index (χ3v) is 7.19. The van der Waals surface area contributed by atoms with Gasteiger partial charge in [0.25, 0.3) is 0 Å². The number of tetrazole rings is 1. The van der Waals surface area contributed by atoms with Crippen LogP contribution in [-0.2, 0) is 16.6 Å². The normalized spacial score (nSPS) is 15.8. The number of ether oxygens (including phenoxy) is 1. The quantitative estimate of drug-likeness (QED) is 0.531. The summed E-state index contributed by atoms with van der Waals surface area (Å²) in [5.41, 5.74) is 0.839. The van der Waals surface area contributed by atoms with Crippen LogP contribution in [-0.4, -0.2) is 70.6 Å². The molecule has 0 N–H and O–H groups in total. The molecule has 0 radical (unpaired) electrons. The Hall–Kier alpha value is -2.53. The molecule has 1 fully saturated rings. The highest BCUT2D eigenvalue weighted by molar-refractivity contribution is 7.89. The highest BCUT2D eigenvalue weighted by atomic mass is 35.5. The first-order valence-corrected chi connectivity index (χ1v) is 11.8. The third-order valence-electron chi connectivity index (χ3n) is 5.06. The molecule has 164 valence electrons. The van der Waals surface area contributed by atoms with Crippen molar-refractivity contribution >= 4 is 21.6 Å². The predicted molar refractivity (Wildman–Crippen MR) is 116 cm³/mol. The molecule has 31 heavy (non-hydrogen) atoms. The molecule has 1 aliphatic rings. The van der Waals surface area contributed by atoms with Crippen molar-refractivity contribution < 1.29 is 13.2 Å². The van der Waals surface area contributed by atoms with Crippen molar-refractivity contribution in [1.29, 1.82) is 0 Å². The van der Waals surface area contributed by atoms with Crippen LogP contribution in [0.1, 0.15) is 12.7 Å². The van der Waals surface area contributed by atoms with Crippen molar-refractivity contribution in [2.24, 2.45) is 0 Å². The maximum absolute atomic E-state index is 12.9. The molecular formula is C20H23ClN6O3S. The zero-order chi connectivity index (χ0) is 21.8. The lowest BCUT2D eigenvalue weighted by Crippen LogP contribution is -2.48. The fourth-order valence-corrected chi connectivity index (χ4v) is 5.18. The van der Waals surface area contributed by atoms with Crippen LogP contribution in [0.3, 0.4) is 0 Å². The number of halogens is 1. The van der Waals surface area contributed by atoms with Gasteiger partial charge in [0.2, 0.25) is 10.0 Å². The molecule has 0 unspecified atom stereocenters. The minimum Gasteiger partial charge on any atom is -0.494 e. The number of nitrogens with zero attached hydrogens (tertiary/aromatic N) is 6. The van der Waals surface area contributed by atoms with Crippen LogP contribution in [0.25, 0.3) is 5.69 Å². The van der Waals surface area contributed by atoms with E-state index in [0.29, 0.717) is 50.2 Å². The Morgan fingerprint density at radius 2 is 1.81 bits per heavy atom. The SMILES string of the molecule is CCOc1ccc(-n2nnnc2CN2CCN(S(=O)(=O)c3cccc(Cl)c3)CC2)cc1. The van der Waals surface area contributed by atoms with Crippen LogP contribution in [0.2, 0.25) is 5.02 Å². The maximum Gasteiger partial charge on any atom is 0.243 e. The average Bonchev–Trinajstić information content (AvgIpc) is 3.23. The molecule has 1 aliphatic heterocycles. The van der Waals surface area contributed by atoms with Crippen LogP contribution in [0.4, 0.5) is 0 Å². The van der Waals surface area contributed by atoms with E-state index in [1.54, 1.807) is 22.9 Å². The highest BCUT2D eigenvalue weighted by Gasteiger charge is 2.29. The van der Waals surface area contributed by atoms with Gasteiger partial charge in [-0.2, -0.15) is 8.99 Å². The molecule has 1 aromatic heterocycles. The molecule has 0 spiro atoms. The van der Waals surface area contributed by atoms with E-state index in [1.807, 2.05) is 31.2 Å². The van der Waals surface area contributed by atoms with E-state index >= 15 is 0 Å². The molecule has 11 heteroatoms. The summed E-state index contributed by atoms with van der Waals surface area (Å²) in [5.74, 6) is 1.48. The number of piperazine rings is 1. The molecule has 0 amide bonds. The fourth-order valence-electron chi connectivity index (χ4n) is 3.46. The van der Waals surface area contributed by atoms with E-state index in [4.69, 9.17) is 16.3 Å². The molecule has 2 heterocycles. The van der Waals surface area contributed by atoms with Crippen molar-refractivity contribution in [3.05, 3.63) is 59.4 Å². The Morgan fingerprint density at radius 3 is 2.48 bits per heavy atom. The van der Waals surface area contributed by atoms with Crippen molar-refractivity contribution in [2.75, 3.05) is 32.8 Å². The zero-order valence-corrected chi connectivity index (χ0v) is 18.6. The average molecular weight is 463 g/mol. The van der Waals surface area contributed by atoms with Crippen LogP contribution in [0.15, 0.2) is 53.4 Å². The first kappa shape index (κ1) is 21.7. The van der Waals surface area contributed by atoms with Gasteiger partial charge in [-0.1, -0.05) is 17.7 Å². The Morgan fingerprint density at radius 1 is 1.06 bits per heavy atom. The van der Waals surface area contributed by atoms with Gasteiger partial charge in [-0.15, -0.1) is 5.10 Å². The minimum atomic E-state index is -3.57. The minimum absolute atomic E-state index is 0.216. The second-order valence-electron chi connectivity index (χ2n) is 7.07. The van der Waals surface area contributed by atoms with Crippen LogP contribution in [0, 0.1) is 0 Å². The molecule has 0 saturated carbocycles. The van der Waals surface area contributed by atoms with Crippen LogP contribution < -0.4 is 4.74 Å². The maximum atomic E-state index is 12.9. The van der Waals surface area contributed by atoms with Gasteiger partial charge in [0, 0.05) is 31.2 Å². The number of hydrogen-bond donors (Lipinski definition) is 0. The van der Waals surface area contributed by atoms with Crippen molar-refractivity contribution in [3.63, 3.8) is 0 Å². The first-order valence-electron chi connectivity index (χ1n) is 9.96. The number of aromatic nitrogens is 4. The largest absolute Gasteiger partial charge is 0.494 e. The molecule has 0 bridgehead atoms. The summed E-state index contributed by atoms with van der Waals surface area (Å²) in [6.07, 6.45) is 0. The summed E-state index contributed by atoms with van der Waals surface area (Å²) < 4.78 is 34.4. The summed E-state index contributed by atoms with van der Waals surface area (Å²) in [6.45, 7) is 5.00. The smallest absolute Gasteiger partial charge is 0.243 e. The predicted octanol–water partition coefficient (Wildman–Crippen LogP) is 2.22. The molecule has 3 aromatic rings. The van der Waals surface area contributed by atoms with Gasteiger partial charge in [-0.25, -0.2) is 8.42 Å². The standard InChI is InChI=1S/C20H23ClN6O3S/c1-2-30-18-8-6-17(7-9-18)27-20(22-23-24-27)15-25-10-12-26(13-11-25)31(28,29)19-5-3-4-16(21)14-19/h3-9,14H,2,10-13,15H2,1H3. The van der Waals surface area contributed by atoms with Gasteiger partial charge in [-0.05, 0) is 59.8 Å². The molecule has 1 saturated heterocycles. The molecular weight excluding hydrogens is 440 g/mol. The van der Waals surface area contributed by atoms with E-state index in [0.717, 1.165) is 11.4 Å². The summed E-state index contributed by atoms with van der Waals surface area (Å²) >= 11 is 5.96. The topological polar surface area (TPSA) is 93.4 Å². The fraction of sp³-hybridized carbons (Fsp3) is 0.350. The third kappa shape index (κ3) is 4.87. The first-order chi connectivity index (χ1) is 15.0. The van der Waals surface area contributed by atoms with E-state index in [2.05, 4.69) is 20.4 Å². The van der Waals surface area contributed by atoms with E-state index in [9.17, 15) is 8.42 Å². The lowest BCUT2D eigenvalue weighted by Gasteiger charge is -2.33. The summed E-state index contributed by atoms with van der Waals surface area (Å²) in [7, 11) is -3.57. The lowest BCUT2D eigenvalue weighted by molar-refractivity contribution is 0.177. The van der Waals surface area contributed by atoms with Gasteiger partial charge >= 0.3 is 0 Å². The Kier molecular flexibility index (Phi) is 6.51. The van der Waals surface area contributed by atoms with E-state index in [1.165, 1.54) is 10.4 Å². The second-order valence-corrected chi connectivity index (χ2v) is 9.45. The number of hydrogen-bond acceptors (Lipinski definition) is 7. The Balaban J connectivity index is 1.40. The molecule has 0 aliphatic carbocycles. The van der Waals surface area contributed by atoms with Crippen molar-refractivity contribution in [3.8, 4) is 11.4 Å². The Labute approximate surface area is 186 Å². The highest BCUT2D eigenvalue weighted by Crippen LogP contribution is 2.22. The summed E-state index contributed by atoms with van der Waals surface area (Å²) in [5, 5.41) is 12.5. The second kappa shape index (κ2) is 9.31. The number of rotatable bonds is 7. The van der Waals surface area contributed by atoms with Crippen LogP contribution >= 0.6 is 11.6 Å². The number of benzene rings is 2.